The molecule has 0 aliphatic carbocycles. The van der Waals surface area contributed by atoms with Crippen molar-refractivity contribution in [2.45, 2.75) is 20.3 Å². The van der Waals surface area contributed by atoms with Crippen LogP contribution >= 0.6 is 12.6 Å². The van der Waals surface area contributed by atoms with Gasteiger partial charge in [0, 0.05) is 23.2 Å². The fraction of sp³-hybridized carbons (Fsp3) is 0.357. The predicted molar refractivity (Wildman–Crippen MR) is 76.3 cm³/mol. The van der Waals surface area contributed by atoms with Crippen molar-refractivity contribution < 1.29 is 9.21 Å². The Morgan fingerprint density at radius 1 is 1.33 bits per heavy atom. The number of benzene rings is 1. The molecule has 18 heavy (non-hydrogen) atoms. The quantitative estimate of drug-likeness (QED) is 0.833. The Balaban J connectivity index is 2.24. The normalized spacial score (nSPS) is 10.8. The van der Waals surface area contributed by atoms with E-state index in [1.165, 1.54) is 11.1 Å². The molecule has 0 bridgehead atoms. The highest BCUT2D eigenvalue weighted by molar-refractivity contribution is 7.80. The van der Waals surface area contributed by atoms with Gasteiger partial charge in [-0.1, -0.05) is 0 Å². The van der Waals surface area contributed by atoms with Crippen molar-refractivity contribution in [3.8, 4) is 0 Å². The molecule has 0 saturated heterocycles. The zero-order chi connectivity index (χ0) is 13.1. The van der Waals surface area contributed by atoms with Crippen LogP contribution in [0.5, 0.6) is 0 Å². The van der Waals surface area contributed by atoms with Gasteiger partial charge in [-0.3, -0.25) is 4.79 Å². The molecule has 0 saturated carbocycles. The molecule has 0 fully saturated rings. The third-order valence-corrected chi connectivity index (χ3v) is 3.28. The molecule has 3 nitrogen and oxygen atoms in total. The number of aryl methyl sites for hydroxylation is 2. The molecule has 0 spiro atoms. The Morgan fingerprint density at radius 3 is 2.78 bits per heavy atom. The summed E-state index contributed by atoms with van der Waals surface area (Å²) in [6.45, 7) is 4.71. The summed E-state index contributed by atoms with van der Waals surface area (Å²) >= 11 is 4.06. The molecule has 0 radical (unpaired) electrons. The zero-order valence-electron chi connectivity index (χ0n) is 10.6. The van der Waals surface area contributed by atoms with Crippen molar-refractivity contribution in [2.24, 2.45) is 0 Å². The Labute approximate surface area is 112 Å². The number of amides is 1. The number of hydrogen-bond acceptors (Lipinski definition) is 3. The van der Waals surface area contributed by atoms with E-state index >= 15 is 0 Å². The molecular formula is C14H17NO2S. The summed E-state index contributed by atoms with van der Waals surface area (Å²) in [6, 6.07) is 4.09. The van der Waals surface area contributed by atoms with Crippen molar-refractivity contribution in [3.63, 3.8) is 0 Å². The average molecular weight is 263 g/mol. The minimum atomic E-state index is 0.00461. The van der Waals surface area contributed by atoms with E-state index in [9.17, 15) is 4.79 Å². The molecule has 1 aromatic heterocycles. The Morgan fingerprint density at radius 2 is 2.06 bits per heavy atom. The number of thiol groups is 1. The molecule has 1 heterocycles. The first-order valence-electron chi connectivity index (χ1n) is 5.96. The molecule has 2 rings (SSSR count). The summed E-state index contributed by atoms with van der Waals surface area (Å²) < 4.78 is 5.50. The second-order valence-corrected chi connectivity index (χ2v) is 4.89. The number of fused-ring (bicyclic) bond motifs is 1. The third kappa shape index (κ3) is 2.70. The van der Waals surface area contributed by atoms with Gasteiger partial charge in [0.1, 0.15) is 5.58 Å². The van der Waals surface area contributed by atoms with E-state index in [1.54, 1.807) is 6.26 Å². The number of rotatable bonds is 4. The predicted octanol–water partition coefficient (Wildman–Crippen LogP) is 2.64. The first-order valence-corrected chi connectivity index (χ1v) is 6.60. The van der Waals surface area contributed by atoms with Gasteiger partial charge >= 0.3 is 0 Å². The SMILES string of the molecule is Cc1cc2occ(CC(=O)NCCS)c2cc1C. The van der Waals surface area contributed by atoms with Crippen molar-refractivity contribution >= 4 is 29.5 Å². The fourth-order valence-corrected chi connectivity index (χ4v) is 2.02. The highest BCUT2D eigenvalue weighted by atomic mass is 32.1. The van der Waals surface area contributed by atoms with Crippen LogP contribution in [0.4, 0.5) is 0 Å². The molecule has 0 aliphatic heterocycles. The van der Waals surface area contributed by atoms with Gasteiger partial charge in [-0.25, -0.2) is 0 Å². The molecule has 0 unspecified atom stereocenters. The van der Waals surface area contributed by atoms with Crippen molar-refractivity contribution in [1.82, 2.24) is 5.32 Å². The minimum Gasteiger partial charge on any atom is -0.464 e. The van der Waals surface area contributed by atoms with Crippen LogP contribution in [0.1, 0.15) is 16.7 Å². The Kier molecular flexibility index (Phi) is 3.97. The summed E-state index contributed by atoms with van der Waals surface area (Å²) in [5.41, 5.74) is 4.18. The molecule has 4 heteroatoms. The van der Waals surface area contributed by atoms with Crippen LogP contribution in [0.3, 0.4) is 0 Å². The Hall–Kier alpha value is -1.42. The van der Waals surface area contributed by atoms with E-state index in [-0.39, 0.29) is 5.91 Å². The van der Waals surface area contributed by atoms with Crippen molar-refractivity contribution in [1.29, 1.82) is 0 Å². The van der Waals surface area contributed by atoms with Crippen LogP contribution in [-0.4, -0.2) is 18.2 Å². The highest BCUT2D eigenvalue weighted by Gasteiger charge is 2.11. The number of furan rings is 1. The van der Waals surface area contributed by atoms with Crippen LogP contribution in [-0.2, 0) is 11.2 Å². The summed E-state index contributed by atoms with van der Waals surface area (Å²) in [4.78, 5) is 11.7. The molecule has 2 aromatic rings. The zero-order valence-corrected chi connectivity index (χ0v) is 11.5. The lowest BCUT2D eigenvalue weighted by atomic mass is 10.0. The number of hydrogen-bond donors (Lipinski definition) is 2. The van der Waals surface area contributed by atoms with Gasteiger partial charge in [0.05, 0.1) is 12.7 Å². The maximum atomic E-state index is 11.7. The Bertz CT molecular complexity index is 574. The monoisotopic (exact) mass is 263 g/mol. The fourth-order valence-electron chi connectivity index (χ4n) is 1.90. The van der Waals surface area contributed by atoms with E-state index < -0.39 is 0 Å². The van der Waals surface area contributed by atoms with Gasteiger partial charge in [0.15, 0.2) is 0 Å². The van der Waals surface area contributed by atoms with E-state index in [2.05, 4.69) is 37.9 Å². The standard InChI is InChI=1S/C14H17NO2S/c1-9-5-12-11(7-14(16)15-3-4-18)8-17-13(12)6-10(9)2/h5-6,8,18H,3-4,7H2,1-2H3,(H,15,16). The first-order chi connectivity index (χ1) is 8.61. The lowest BCUT2D eigenvalue weighted by Gasteiger charge is -2.03. The average Bonchev–Trinajstić information content (AvgIpc) is 2.70. The van der Waals surface area contributed by atoms with E-state index in [0.717, 1.165) is 16.5 Å². The molecular weight excluding hydrogens is 246 g/mol. The van der Waals surface area contributed by atoms with Crippen LogP contribution in [0.25, 0.3) is 11.0 Å². The minimum absolute atomic E-state index is 0.00461. The third-order valence-electron chi connectivity index (χ3n) is 3.05. The smallest absolute Gasteiger partial charge is 0.224 e. The van der Waals surface area contributed by atoms with Gasteiger partial charge in [-0.2, -0.15) is 12.6 Å². The van der Waals surface area contributed by atoms with Crippen LogP contribution in [0.2, 0.25) is 0 Å². The van der Waals surface area contributed by atoms with E-state index in [4.69, 9.17) is 4.42 Å². The van der Waals surface area contributed by atoms with Crippen LogP contribution in [0, 0.1) is 13.8 Å². The summed E-state index contributed by atoms with van der Waals surface area (Å²) in [6.07, 6.45) is 2.02. The summed E-state index contributed by atoms with van der Waals surface area (Å²) in [7, 11) is 0. The lowest BCUT2D eigenvalue weighted by molar-refractivity contribution is -0.120. The van der Waals surface area contributed by atoms with Gasteiger partial charge in [0.2, 0.25) is 5.91 Å². The topological polar surface area (TPSA) is 42.2 Å². The highest BCUT2D eigenvalue weighted by Crippen LogP contribution is 2.25. The largest absolute Gasteiger partial charge is 0.464 e. The second kappa shape index (κ2) is 5.48. The first kappa shape index (κ1) is 13.0. The van der Waals surface area contributed by atoms with Crippen LogP contribution < -0.4 is 5.32 Å². The molecule has 1 N–H and O–H groups in total. The summed E-state index contributed by atoms with van der Waals surface area (Å²) in [5, 5.41) is 3.83. The van der Waals surface area contributed by atoms with Gasteiger partial charge < -0.3 is 9.73 Å². The number of carbonyl (C=O) groups is 1. The lowest BCUT2D eigenvalue weighted by Crippen LogP contribution is -2.26. The van der Waals surface area contributed by atoms with Gasteiger partial charge in [0.25, 0.3) is 0 Å². The number of nitrogens with one attached hydrogen (secondary N) is 1. The molecule has 1 aromatic carbocycles. The molecule has 1 amide bonds. The molecule has 0 atom stereocenters. The van der Waals surface area contributed by atoms with E-state index in [1.807, 2.05) is 6.07 Å². The van der Waals surface area contributed by atoms with Crippen molar-refractivity contribution in [3.05, 3.63) is 35.1 Å². The van der Waals surface area contributed by atoms with E-state index in [0.29, 0.717) is 18.7 Å². The maximum Gasteiger partial charge on any atom is 0.224 e. The maximum absolute atomic E-state index is 11.7. The van der Waals surface area contributed by atoms with Crippen LogP contribution in [0.15, 0.2) is 22.8 Å². The van der Waals surface area contributed by atoms with Gasteiger partial charge in [-0.05, 0) is 37.1 Å². The summed E-state index contributed by atoms with van der Waals surface area (Å²) in [5.74, 6) is 0.654. The molecule has 0 aliphatic rings. The second-order valence-electron chi connectivity index (χ2n) is 4.44. The molecule has 96 valence electrons. The van der Waals surface area contributed by atoms with Crippen molar-refractivity contribution in [2.75, 3.05) is 12.3 Å². The van der Waals surface area contributed by atoms with Gasteiger partial charge in [-0.15, -0.1) is 0 Å². The number of carbonyl (C=O) groups excluding carboxylic acids is 1.